The molecule has 1 aliphatic carbocycles. The molecule has 0 unspecified atom stereocenters. The van der Waals surface area contributed by atoms with Crippen molar-refractivity contribution in [2.45, 2.75) is 38.5 Å². The Hall–Kier alpha value is -1.16. The lowest BCUT2D eigenvalue weighted by molar-refractivity contribution is 0.124. The summed E-state index contributed by atoms with van der Waals surface area (Å²) >= 11 is 1.80. The van der Waals surface area contributed by atoms with Crippen molar-refractivity contribution >= 4 is 11.3 Å². The Kier molecular flexibility index (Phi) is 4.85. The van der Waals surface area contributed by atoms with E-state index in [1.54, 1.807) is 11.3 Å². The zero-order chi connectivity index (χ0) is 13.6. The summed E-state index contributed by atoms with van der Waals surface area (Å²) < 4.78 is 5.73. The highest BCUT2D eigenvalue weighted by Crippen LogP contribution is 2.19. The lowest BCUT2D eigenvalue weighted by atomic mass is 10.1. The van der Waals surface area contributed by atoms with Crippen LogP contribution >= 0.6 is 11.3 Å². The van der Waals surface area contributed by atoms with Crippen molar-refractivity contribution in [2.24, 2.45) is 0 Å². The Morgan fingerprint density at radius 1 is 1.10 bits per heavy atom. The van der Waals surface area contributed by atoms with Gasteiger partial charge in [0.25, 0.3) is 0 Å². The minimum absolute atomic E-state index is 0.710. The van der Waals surface area contributed by atoms with Gasteiger partial charge in [-0.15, -0.1) is 11.3 Å². The molecule has 106 valence electrons. The second-order valence-electron chi connectivity index (χ2n) is 5.35. The molecule has 0 radical (unpaired) electrons. The van der Waals surface area contributed by atoms with Gasteiger partial charge < -0.3 is 10.1 Å². The average molecular weight is 287 g/mol. The van der Waals surface area contributed by atoms with E-state index in [1.807, 2.05) is 0 Å². The lowest BCUT2D eigenvalue weighted by Gasteiger charge is -2.06. The van der Waals surface area contributed by atoms with E-state index in [0.29, 0.717) is 6.61 Å². The summed E-state index contributed by atoms with van der Waals surface area (Å²) in [5, 5.41) is 5.64. The van der Waals surface area contributed by atoms with Gasteiger partial charge in [0, 0.05) is 23.9 Å². The first-order chi connectivity index (χ1) is 9.90. The molecule has 3 rings (SSSR count). The summed E-state index contributed by atoms with van der Waals surface area (Å²) in [7, 11) is 0. The number of rotatable bonds is 8. The SMILES string of the molecule is c1csc(CCOCc2ccc(CNC3CC3)cc2)c1. The second kappa shape index (κ2) is 7.02. The highest BCUT2D eigenvalue weighted by molar-refractivity contribution is 7.09. The number of hydrogen-bond donors (Lipinski definition) is 1. The molecule has 2 nitrogen and oxygen atoms in total. The summed E-state index contributed by atoms with van der Waals surface area (Å²) in [6.07, 6.45) is 3.70. The van der Waals surface area contributed by atoms with Gasteiger partial charge in [0.15, 0.2) is 0 Å². The third-order valence-corrected chi connectivity index (χ3v) is 4.47. The largest absolute Gasteiger partial charge is 0.376 e. The summed E-state index contributed by atoms with van der Waals surface area (Å²) in [5.41, 5.74) is 2.62. The Bertz CT molecular complexity index is 502. The van der Waals surface area contributed by atoms with Gasteiger partial charge in [0.1, 0.15) is 0 Å². The molecule has 0 saturated heterocycles. The first kappa shape index (κ1) is 13.8. The van der Waals surface area contributed by atoms with Crippen LogP contribution in [0.1, 0.15) is 28.8 Å². The van der Waals surface area contributed by atoms with Gasteiger partial charge in [0.05, 0.1) is 13.2 Å². The summed E-state index contributed by atoms with van der Waals surface area (Å²) in [5.74, 6) is 0. The van der Waals surface area contributed by atoms with Crippen LogP contribution in [-0.4, -0.2) is 12.6 Å². The van der Waals surface area contributed by atoms with Crippen molar-refractivity contribution in [3.8, 4) is 0 Å². The molecule has 0 aliphatic heterocycles. The zero-order valence-electron chi connectivity index (χ0n) is 11.7. The van der Waals surface area contributed by atoms with Crippen molar-refractivity contribution in [2.75, 3.05) is 6.61 Å². The fraction of sp³-hybridized carbons (Fsp3) is 0.412. The number of nitrogens with one attached hydrogen (secondary N) is 1. The standard InChI is InChI=1S/C17H21NOS/c1-2-17(20-11-1)9-10-19-13-15-5-3-14(4-6-15)12-18-16-7-8-16/h1-6,11,16,18H,7-10,12-13H2. The minimum Gasteiger partial charge on any atom is -0.376 e. The molecule has 3 heteroatoms. The smallest absolute Gasteiger partial charge is 0.0717 e. The molecule has 1 N–H and O–H groups in total. The van der Waals surface area contributed by atoms with Crippen molar-refractivity contribution in [3.05, 3.63) is 57.8 Å². The van der Waals surface area contributed by atoms with Crippen LogP contribution in [0.5, 0.6) is 0 Å². The maximum absolute atomic E-state index is 5.73. The topological polar surface area (TPSA) is 21.3 Å². The van der Waals surface area contributed by atoms with Gasteiger partial charge in [0.2, 0.25) is 0 Å². The van der Waals surface area contributed by atoms with Crippen LogP contribution in [0.15, 0.2) is 41.8 Å². The number of benzene rings is 1. The van der Waals surface area contributed by atoms with Gasteiger partial charge in [-0.3, -0.25) is 0 Å². The summed E-state index contributed by atoms with van der Waals surface area (Å²) in [6.45, 7) is 2.50. The normalized spacial score (nSPS) is 14.6. The van der Waals surface area contributed by atoms with Crippen LogP contribution in [0.25, 0.3) is 0 Å². The molecule has 1 saturated carbocycles. The monoisotopic (exact) mass is 287 g/mol. The van der Waals surface area contributed by atoms with Gasteiger partial charge in [-0.25, -0.2) is 0 Å². The third kappa shape index (κ3) is 4.44. The quantitative estimate of drug-likeness (QED) is 0.746. The Labute approximate surface area is 124 Å². The molecule has 1 aromatic heterocycles. The van der Waals surface area contributed by atoms with Crippen LogP contribution in [0, 0.1) is 0 Å². The van der Waals surface area contributed by atoms with Gasteiger partial charge >= 0.3 is 0 Å². The third-order valence-electron chi connectivity index (χ3n) is 3.54. The van der Waals surface area contributed by atoms with E-state index in [4.69, 9.17) is 4.74 Å². The van der Waals surface area contributed by atoms with Gasteiger partial charge in [-0.1, -0.05) is 30.3 Å². The lowest BCUT2D eigenvalue weighted by Crippen LogP contribution is -2.15. The van der Waals surface area contributed by atoms with Crippen molar-refractivity contribution in [1.29, 1.82) is 0 Å². The van der Waals surface area contributed by atoms with E-state index in [9.17, 15) is 0 Å². The molecule has 2 aromatic rings. The number of ether oxygens (including phenoxy) is 1. The second-order valence-corrected chi connectivity index (χ2v) is 6.39. The molecule has 0 spiro atoms. The number of thiophene rings is 1. The fourth-order valence-electron chi connectivity index (χ4n) is 2.12. The summed E-state index contributed by atoms with van der Waals surface area (Å²) in [4.78, 5) is 1.39. The molecular formula is C17H21NOS. The Morgan fingerprint density at radius 2 is 1.90 bits per heavy atom. The number of hydrogen-bond acceptors (Lipinski definition) is 3. The highest BCUT2D eigenvalue weighted by atomic mass is 32.1. The average Bonchev–Trinajstić information content (AvgIpc) is 3.17. The Balaban J connectivity index is 1.36. The van der Waals surface area contributed by atoms with E-state index in [2.05, 4.69) is 47.1 Å². The van der Waals surface area contributed by atoms with Crippen LogP contribution in [0.3, 0.4) is 0 Å². The molecule has 1 aromatic carbocycles. The molecule has 0 bridgehead atoms. The molecule has 20 heavy (non-hydrogen) atoms. The van der Waals surface area contributed by atoms with Crippen LogP contribution in [0.2, 0.25) is 0 Å². The predicted molar refractivity (Wildman–Crippen MR) is 84.0 cm³/mol. The van der Waals surface area contributed by atoms with Crippen LogP contribution in [0.4, 0.5) is 0 Å². The van der Waals surface area contributed by atoms with Crippen molar-refractivity contribution in [1.82, 2.24) is 5.32 Å². The predicted octanol–water partition coefficient (Wildman–Crippen LogP) is 3.76. The van der Waals surface area contributed by atoms with E-state index < -0.39 is 0 Å². The molecule has 0 amide bonds. The molecule has 1 aliphatic rings. The maximum atomic E-state index is 5.73. The zero-order valence-corrected chi connectivity index (χ0v) is 12.5. The maximum Gasteiger partial charge on any atom is 0.0717 e. The van der Waals surface area contributed by atoms with E-state index in [1.165, 1.54) is 28.8 Å². The van der Waals surface area contributed by atoms with E-state index in [-0.39, 0.29) is 0 Å². The van der Waals surface area contributed by atoms with E-state index in [0.717, 1.165) is 25.6 Å². The van der Waals surface area contributed by atoms with Gasteiger partial charge in [-0.05, 0) is 35.4 Å². The van der Waals surface area contributed by atoms with Crippen LogP contribution < -0.4 is 5.32 Å². The van der Waals surface area contributed by atoms with Gasteiger partial charge in [-0.2, -0.15) is 0 Å². The first-order valence-corrected chi connectivity index (χ1v) is 8.19. The molecule has 1 fully saturated rings. The van der Waals surface area contributed by atoms with Crippen molar-refractivity contribution in [3.63, 3.8) is 0 Å². The summed E-state index contributed by atoms with van der Waals surface area (Å²) in [6, 6.07) is 13.8. The van der Waals surface area contributed by atoms with E-state index >= 15 is 0 Å². The highest BCUT2D eigenvalue weighted by Gasteiger charge is 2.19. The molecular weight excluding hydrogens is 266 g/mol. The van der Waals surface area contributed by atoms with Crippen molar-refractivity contribution < 1.29 is 4.74 Å². The van der Waals surface area contributed by atoms with Crippen LogP contribution in [-0.2, 0) is 24.3 Å². The molecule has 1 heterocycles. The molecule has 0 atom stereocenters. The first-order valence-electron chi connectivity index (χ1n) is 7.31. The Morgan fingerprint density at radius 3 is 2.60 bits per heavy atom. The fourth-order valence-corrected chi connectivity index (χ4v) is 2.81. The minimum atomic E-state index is 0.710.